The average molecular weight is 284 g/mol. The first-order chi connectivity index (χ1) is 7.74. The number of aryl methyl sites for hydroxylation is 1. The van der Waals surface area contributed by atoms with Gasteiger partial charge in [0.1, 0.15) is 4.47 Å². The summed E-state index contributed by atoms with van der Waals surface area (Å²) in [6.07, 6.45) is 5.13. The summed E-state index contributed by atoms with van der Waals surface area (Å²) in [6, 6.07) is 2.05. The van der Waals surface area contributed by atoms with Gasteiger partial charge in [-0.1, -0.05) is 12.8 Å². The summed E-state index contributed by atoms with van der Waals surface area (Å²) in [7, 11) is 0. The van der Waals surface area contributed by atoms with Gasteiger partial charge in [0.2, 0.25) is 0 Å². The summed E-state index contributed by atoms with van der Waals surface area (Å²) in [5.74, 6) is 0.477. The third-order valence-electron chi connectivity index (χ3n) is 3.14. The summed E-state index contributed by atoms with van der Waals surface area (Å²) in [5, 5.41) is 11.6. The molecule has 1 aromatic heterocycles. The molecule has 0 radical (unpaired) electrons. The van der Waals surface area contributed by atoms with E-state index in [2.05, 4.69) is 21.0 Å². The highest BCUT2D eigenvalue weighted by Crippen LogP contribution is 2.35. The maximum Gasteiger partial charge on any atom is 0.281 e. The molecule has 0 saturated heterocycles. The lowest BCUT2D eigenvalue weighted by Gasteiger charge is -2.06. The summed E-state index contributed by atoms with van der Waals surface area (Å²) in [4.78, 5) is 11.8. The monoisotopic (exact) mass is 283 g/mol. The Kier molecular flexibility index (Phi) is 3.49. The van der Waals surface area contributed by atoms with E-state index in [0.29, 0.717) is 23.4 Å². The van der Waals surface area contributed by atoms with E-state index in [0.717, 1.165) is 18.5 Å². The van der Waals surface area contributed by atoms with Gasteiger partial charge in [-0.05, 0) is 28.8 Å². The van der Waals surface area contributed by atoms with Gasteiger partial charge in [0, 0.05) is 5.92 Å². The van der Waals surface area contributed by atoms with Gasteiger partial charge in [-0.2, -0.15) is 5.26 Å². The predicted molar refractivity (Wildman–Crippen MR) is 64.2 cm³/mol. The molecule has 0 aromatic carbocycles. The Bertz CT molecular complexity index is 463. The minimum atomic E-state index is -0.0443. The quantitative estimate of drug-likeness (QED) is 0.927. The van der Waals surface area contributed by atoms with Crippen molar-refractivity contribution in [3.8, 4) is 6.07 Å². The minimum Gasteiger partial charge on any atom is -0.298 e. The second kappa shape index (κ2) is 4.88. The molecule has 1 aliphatic carbocycles. The summed E-state index contributed by atoms with van der Waals surface area (Å²) >= 11 is 3.36. The van der Waals surface area contributed by atoms with Gasteiger partial charge in [0.25, 0.3) is 5.56 Å². The molecular weight excluding hydrogens is 270 g/mol. The van der Waals surface area contributed by atoms with Crippen LogP contribution in [0.5, 0.6) is 0 Å². The summed E-state index contributed by atoms with van der Waals surface area (Å²) in [5.41, 5.74) is 0.970. The van der Waals surface area contributed by atoms with Crippen LogP contribution < -0.4 is 5.56 Å². The highest BCUT2D eigenvalue weighted by molar-refractivity contribution is 9.10. The lowest BCUT2D eigenvalue weighted by molar-refractivity contribution is 0.581. The highest BCUT2D eigenvalue weighted by Gasteiger charge is 2.23. The fraction of sp³-hybridized carbons (Fsp3) is 0.636. The smallest absolute Gasteiger partial charge is 0.281 e. The SMILES string of the molecule is N#CCCn1[nH]c(C2CCCC2)c(Br)c1=O. The van der Waals surface area contributed by atoms with Crippen molar-refractivity contribution in [3.05, 3.63) is 20.5 Å². The molecule has 5 heteroatoms. The van der Waals surface area contributed by atoms with Gasteiger partial charge in [0.15, 0.2) is 0 Å². The molecule has 2 rings (SSSR count). The van der Waals surface area contributed by atoms with Crippen molar-refractivity contribution in [1.82, 2.24) is 9.78 Å². The molecule has 0 bridgehead atoms. The molecule has 1 N–H and O–H groups in total. The molecule has 0 unspecified atom stereocenters. The van der Waals surface area contributed by atoms with Crippen LogP contribution in [-0.4, -0.2) is 9.78 Å². The fourth-order valence-electron chi connectivity index (χ4n) is 2.28. The third-order valence-corrected chi connectivity index (χ3v) is 3.90. The zero-order chi connectivity index (χ0) is 11.5. The molecule has 0 amide bonds. The van der Waals surface area contributed by atoms with Crippen LogP contribution in [0.2, 0.25) is 0 Å². The molecule has 1 aliphatic rings. The van der Waals surface area contributed by atoms with E-state index in [1.807, 2.05) is 6.07 Å². The number of rotatable bonds is 3. The van der Waals surface area contributed by atoms with Crippen LogP contribution in [0.1, 0.15) is 43.7 Å². The zero-order valence-electron chi connectivity index (χ0n) is 9.00. The molecule has 16 heavy (non-hydrogen) atoms. The molecular formula is C11H14BrN3O. The van der Waals surface area contributed by atoms with Gasteiger partial charge < -0.3 is 0 Å². The molecule has 1 fully saturated rings. The van der Waals surface area contributed by atoms with Crippen LogP contribution in [0.15, 0.2) is 9.27 Å². The van der Waals surface area contributed by atoms with Gasteiger partial charge in [0.05, 0.1) is 24.7 Å². The number of H-pyrrole nitrogens is 1. The Balaban J connectivity index is 2.26. The molecule has 1 saturated carbocycles. The molecule has 1 heterocycles. The Morgan fingerprint density at radius 2 is 2.19 bits per heavy atom. The van der Waals surface area contributed by atoms with Crippen molar-refractivity contribution in [1.29, 1.82) is 5.26 Å². The second-order valence-electron chi connectivity index (χ2n) is 4.19. The first-order valence-electron chi connectivity index (χ1n) is 5.59. The number of nitrogens with zero attached hydrogens (tertiary/aromatic N) is 2. The van der Waals surface area contributed by atoms with Crippen molar-refractivity contribution in [2.45, 2.75) is 44.6 Å². The minimum absolute atomic E-state index is 0.0443. The van der Waals surface area contributed by atoms with Gasteiger partial charge in [-0.25, -0.2) is 0 Å². The average Bonchev–Trinajstić information content (AvgIpc) is 2.88. The number of halogens is 1. The zero-order valence-corrected chi connectivity index (χ0v) is 10.6. The largest absolute Gasteiger partial charge is 0.298 e. The van der Waals surface area contributed by atoms with Crippen LogP contribution in [0.25, 0.3) is 0 Å². The first-order valence-corrected chi connectivity index (χ1v) is 6.38. The number of nitrogens with one attached hydrogen (secondary N) is 1. The molecule has 4 nitrogen and oxygen atoms in total. The van der Waals surface area contributed by atoms with Crippen LogP contribution in [-0.2, 0) is 6.54 Å². The number of aromatic amines is 1. The van der Waals surface area contributed by atoms with Crippen LogP contribution in [0, 0.1) is 11.3 Å². The number of hydrogen-bond acceptors (Lipinski definition) is 2. The lowest BCUT2D eigenvalue weighted by Crippen LogP contribution is -2.16. The van der Waals surface area contributed by atoms with Crippen LogP contribution >= 0.6 is 15.9 Å². The van der Waals surface area contributed by atoms with Crippen molar-refractivity contribution >= 4 is 15.9 Å². The molecule has 0 atom stereocenters. The van der Waals surface area contributed by atoms with Gasteiger partial charge >= 0.3 is 0 Å². The summed E-state index contributed by atoms with van der Waals surface area (Å²) in [6.45, 7) is 0.445. The third kappa shape index (κ3) is 2.07. The molecule has 0 spiro atoms. The maximum atomic E-state index is 11.8. The Labute approximate surface area is 102 Å². The van der Waals surface area contributed by atoms with E-state index in [1.54, 1.807) is 0 Å². The van der Waals surface area contributed by atoms with Gasteiger partial charge in [-0.15, -0.1) is 0 Å². The van der Waals surface area contributed by atoms with Crippen LogP contribution in [0.3, 0.4) is 0 Å². The highest BCUT2D eigenvalue weighted by atomic mass is 79.9. The maximum absolute atomic E-state index is 11.8. The van der Waals surface area contributed by atoms with Crippen molar-refractivity contribution in [2.75, 3.05) is 0 Å². The van der Waals surface area contributed by atoms with E-state index in [4.69, 9.17) is 5.26 Å². The molecule has 1 aromatic rings. The normalized spacial score (nSPS) is 16.5. The Morgan fingerprint density at radius 3 is 2.81 bits per heavy atom. The molecule has 86 valence electrons. The second-order valence-corrected chi connectivity index (χ2v) is 4.98. The first kappa shape index (κ1) is 11.5. The van der Waals surface area contributed by atoms with E-state index in [9.17, 15) is 4.79 Å². The van der Waals surface area contributed by atoms with E-state index in [-0.39, 0.29) is 5.56 Å². The van der Waals surface area contributed by atoms with Crippen molar-refractivity contribution in [2.24, 2.45) is 0 Å². The molecule has 0 aliphatic heterocycles. The Morgan fingerprint density at radius 1 is 1.50 bits per heavy atom. The Hall–Kier alpha value is -1.02. The summed E-state index contributed by atoms with van der Waals surface area (Å²) < 4.78 is 2.18. The van der Waals surface area contributed by atoms with E-state index < -0.39 is 0 Å². The number of aromatic nitrogens is 2. The van der Waals surface area contributed by atoms with Crippen molar-refractivity contribution < 1.29 is 0 Å². The standard InChI is InChI=1S/C11H14BrN3O/c12-9-10(8-4-1-2-5-8)14-15(11(9)16)7-3-6-13/h8,14H,1-5,7H2. The number of hydrogen-bond donors (Lipinski definition) is 1. The van der Waals surface area contributed by atoms with E-state index >= 15 is 0 Å². The fourth-order valence-corrected chi connectivity index (χ4v) is 2.91. The van der Waals surface area contributed by atoms with Crippen LogP contribution in [0.4, 0.5) is 0 Å². The predicted octanol–water partition coefficient (Wildman–Crippen LogP) is 2.51. The number of nitriles is 1. The lowest BCUT2D eigenvalue weighted by atomic mass is 10.1. The topological polar surface area (TPSA) is 61.6 Å². The van der Waals surface area contributed by atoms with Crippen molar-refractivity contribution in [3.63, 3.8) is 0 Å². The van der Waals surface area contributed by atoms with Gasteiger partial charge in [-0.3, -0.25) is 14.6 Å². The van der Waals surface area contributed by atoms with E-state index in [1.165, 1.54) is 17.5 Å².